The van der Waals surface area contributed by atoms with Crippen LogP contribution in [0.5, 0.6) is 0 Å². The Morgan fingerprint density at radius 3 is 1.38 bits per heavy atom. The molecule has 8 nitrogen and oxygen atoms in total. The monoisotopic (exact) mass is 338 g/mol. The lowest BCUT2D eigenvalue weighted by molar-refractivity contribution is -0.140. The molecule has 2 unspecified atom stereocenters. The molecule has 0 aliphatic carbocycles. The molecule has 0 saturated carbocycles. The third-order valence-corrected chi connectivity index (χ3v) is 3.68. The summed E-state index contributed by atoms with van der Waals surface area (Å²) < 4.78 is 8.89. The SMILES string of the molecule is COC(=O)/C=C/C(=O)N1CC(C)N(C(=O)/C=C/C(=O)OC)CC1C. The Kier molecular flexibility index (Phi) is 7.16. The highest BCUT2D eigenvalue weighted by Gasteiger charge is 2.32. The van der Waals surface area contributed by atoms with Crippen molar-refractivity contribution in [3.63, 3.8) is 0 Å². The first kappa shape index (κ1) is 19.4. The first-order chi connectivity index (χ1) is 11.3. The summed E-state index contributed by atoms with van der Waals surface area (Å²) in [6.07, 6.45) is 4.44. The lowest BCUT2D eigenvalue weighted by atomic mass is 10.1. The van der Waals surface area contributed by atoms with Crippen LogP contribution >= 0.6 is 0 Å². The highest BCUT2D eigenvalue weighted by molar-refractivity contribution is 5.96. The van der Waals surface area contributed by atoms with Crippen LogP contribution in [0, 0.1) is 0 Å². The van der Waals surface area contributed by atoms with Gasteiger partial charge in [0.15, 0.2) is 0 Å². The molecule has 0 aromatic carbocycles. The van der Waals surface area contributed by atoms with E-state index in [9.17, 15) is 19.2 Å². The quantitative estimate of drug-likeness (QED) is 0.525. The Labute approximate surface area is 140 Å². The van der Waals surface area contributed by atoms with Gasteiger partial charge in [-0.25, -0.2) is 9.59 Å². The summed E-state index contributed by atoms with van der Waals surface area (Å²) in [6.45, 7) is 4.26. The maximum Gasteiger partial charge on any atom is 0.330 e. The molecule has 0 aromatic heterocycles. The van der Waals surface area contributed by atoms with E-state index < -0.39 is 11.9 Å². The molecule has 2 amide bonds. The van der Waals surface area contributed by atoms with Crippen molar-refractivity contribution in [2.45, 2.75) is 25.9 Å². The minimum atomic E-state index is -0.606. The van der Waals surface area contributed by atoms with Gasteiger partial charge in [-0.05, 0) is 13.8 Å². The molecule has 8 heteroatoms. The van der Waals surface area contributed by atoms with E-state index in [1.54, 1.807) is 23.6 Å². The Morgan fingerprint density at radius 2 is 1.08 bits per heavy atom. The molecule has 132 valence electrons. The normalized spacial score (nSPS) is 21.2. The molecule has 0 spiro atoms. The highest BCUT2D eigenvalue weighted by Crippen LogP contribution is 2.16. The topological polar surface area (TPSA) is 93.2 Å². The van der Waals surface area contributed by atoms with Gasteiger partial charge >= 0.3 is 11.9 Å². The number of esters is 2. The number of piperazine rings is 1. The van der Waals surface area contributed by atoms with Crippen LogP contribution in [0.3, 0.4) is 0 Å². The molecule has 0 aromatic rings. The van der Waals surface area contributed by atoms with Gasteiger partial charge in [0.25, 0.3) is 0 Å². The van der Waals surface area contributed by atoms with Crippen molar-refractivity contribution in [2.75, 3.05) is 27.3 Å². The molecule has 1 heterocycles. The predicted molar refractivity (Wildman–Crippen MR) is 84.7 cm³/mol. The van der Waals surface area contributed by atoms with Crippen LogP contribution in [-0.2, 0) is 28.7 Å². The molecule has 24 heavy (non-hydrogen) atoms. The van der Waals surface area contributed by atoms with Crippen molar-refractivity contribution in [2.24, 2.45) is 0 Å². The van der Waals surface area contributed by atoms with Gasteiger partial charge in [-0.3, -0.25) is 9.59 Å². The largest absolute Gasteiger partial charge is 0.466 e. The van der Waals surface area contributed by atoms with Crippen LogP contribution in [0.1, 0.15) is 13.8 Å². The van der Waals surface area contributed by atoms with E-state index >= 15 is 0 Å². The minimum absolute atomic E-state index is 0.230. The summed E-state index contributed by atoms with van der Waals surface area (Å²) in [5, 5.41) is 0. The van der Waals surface area contributed by atoms with Crippen molar-refractivity contribution < 1.29 is 28.7 Å². The molecular formula is C16H22N2O6. The van der Waals surface area contributed by atoms with Gasteiger partial charge in [-0.2, -0.15) is 0 Å². The van der Waals surface area contributed by atoms with Crippen LogP contribution in [0.4, 0.5) is 0 Å². The number of amides is 2. The highest BCUT2D eigenvalue weighted by atomic mass is 16.5. The second-order valence-corrected chi connectivity index (χ2v) is 5.39. The molecule has 1 fully saturated rings. The summed E-state index contributed by atoms with van der Waals surface area (Å²) >= 11 is 0. The molecule has 0 bridgehead atoms. The number of nitrogens with zero attached hydrogens (tertiary/aromatic N) is 2. The van der Waals surface area contributed by atoms with Crippen LogP contribution in [0.2, 0.25) is 0 Å². The second kappa shape index (κ2) is 8.85. The summed E-state index contributed by atoms with van der Waals surface area (Å²) in [7, 11) is 2.46. The fourth-order valence-electron chi connectivity index (χ4n) is 2.35. The van der Waals surface area contributed by atoms with Crippen LogP contribution in [0.15, 0.2) is 24.3 Å². The van der Waals surface area contributed by atoms with Gasteiger partial charge < -0.3 is 19.3 Å². The van der Waals surface area contributed by atoms with Crippen molar-refractivity contribution in [3.8, 4) is 0 Å². The molecule has 2 atom stereocenters. The van der Waals surface area contributed by atoms with Gasteiger partial charge in [-0.1, -0.05) is 0 Å². The fraction of sp³-hybridized carbons (Fsp3) is 0.500. The first-order valence-corrected chi connectivity index (χ1v) is 7.43. The number of carbonyl (C=O) groups is 4. The van der Waals surface area contributed by atoms with Crippen LogP contribution in [-0.4, -0.2) is 72.9 Å². The molecule has 0 N–H and O–H groups in total. The lowest BCUT2D eigenvalue weighted by Gasteiger charge is -2.43. The number of ether oxygens (including phenoxy) is 2. The smallest absolute Gasteiger partial charge is 0.330 e. The van der Waals surface area contributed by atoms with E-state index in [-0.39, 0.29) is 23.9 Å². The third-order valence-electron chi connectivity index (χ3n) is 3.68. The zero-order valence-corrected chi connectivity index (χ0v) is 14.2. The summed E-state index contributed by atoms with van der Waals surface area (Å²) in [5.74, 6) is -1.86. The molecule has 1 rings (SSSR count). The van der Waals surface area contributed by atoms with Crippen molar-refractivity contribution >= 4 is 23.8 Å². The van der Waals surface area contributed by atoms with Gasteiger partial charge in [-0.15, -0.1) is 0 Å². The Hall–Kier alpha value is -2.64. The first-order valence-electron chi connectivity index (χ1n) is 7.43. The summed E-state index contributed by atoms with van der Waals surface area (Å²) in [4.78, 5) is 49.6. The van der Waals surface area contributed by atoms with E-state index in [4.69, 9.17) is 0 Å². The second-order valence-electron chi connectivity index (χ2n) is 5.39. The summed E-state index contributed by atoms with van der Waals surface area (Å²) in [5.41, 5.74) is 0. The third kappa shape index (κ3) is 5.22. The predicted octanol–water partition coefficient (Wildman–Crippen LogP) is -0.107. The van der Waals surface area contributed by atoms with Crippen molar-refractivity contribution in [1.82, 2.24) is 9.80 Å². The Balaban J connectivity index is 2.73. The van der Waals surface area contributed by atoms with Crippen LogP contribution < -0.4 is 0 Å². The molecule has 1 aliphatic rings. The zero-order chi connectivity index (χ0) is 18.3. The van der Waals surface area contributed by atoms with Crippen molar-refractivity contribution in [3.05, 3.63) is 24.3 Å². The maximum absolute atomic E-state index is 12.2. The van der Waals surface area contributed by atoms with Gasteiger partial charge in [0.1, 0.15) is 0 Å². The molecule has 0 radical (unpaired) electrons. The zero-order valence-electron chi connectivity index (χ0n) is 14.2. The Morgan fingerprint density at radius 1 is 0.750 bits per heavy atom. The van der Waals surface area contributed by atoms with Crippen LogP contribution in [0.25, 0.3) is 0 Å². The molecular weight excluding hydrogens is 316 g/mol. The maximum atomic E-state index is 12.2. The van der Waals surface area contributed by atoms with E-state index in [1.165, 1.54) is 14.2 Å². The van der Waals surface area contributed by atoms with Gasteiger partial charge in [0.05, 0.1) is 14.2 Å². The number of hydrogen-bond acceptors (Lipinski definition) is 6. The molecule has 1 aliphatic heterocycles. The average Bonchev–Trinajstić information content (AvgIpc) is 2.58. The average molecular weight is 338 g/mol. The number of carbonyl (C=O) groups excluding carboxylic acids is 4. The van der Waals surface area contributed by atoms with Gasteiger partial charge in [0.2, 0.25) is 11.8 Å². The van der Waals surface area contributed by atoms with Crippen molar-refractivity contribution in [1.29, 1.82) is 0 Å². The number of rotatable bonds is 4. The standard InChI is InChI=1S/C16H22N2O6/c1-11-9-18(14(20)6-8-16(22)24-4)12(2)10-17(11)13(19)5-7-15(21)23-3/h5-8,11-12H,9-10H2,1-4H3/b7-5+,8-6+. The van der Waals surface area contributed by atoms with E-state index in [0.29, 0.717) is 13.1 Å². The van der Waals surface area contributed by atoms with E-state index in [1.807, 2.05) is 0 Å². The summed E-state index contributed by atoms with van der Waals surface area (Å²) in [6, 6.07) is -0.460. The lowest BCUT2D eigenvalue weighted by Crippen LogP contribution is -2.59. The number of hydrogen-bond donors (Lipinski definition) is 0. The minimum Gasteiger partial charge on any atom is -0.466 e. The fourth-order valence-corrected chi connectivity index (χ4v) is 2.35. The van der Waals surface area contributed by atoms with E-state index in [0.717, 1.165) is 24.3 Å². The van der Waals surface area contributed by atoms with Gasteiger partial charge in [0, 0.05) is 49.5 Å². The van der Waals surface area contributed by atoms with E-state index in [2.05, 4.69) is 9.47 Å². The molecule has 1 saturated heterocycles. The Bertz CT molecular complexity index is 519. The number of methoxy groups -OCH3 is 2.